The Kier molecular flexibility index (Phi) is 4.87. The Bertz CT molecular complexity index is 557. The van der Waals surface area contributed by atoms with Crippen LogP contribution in [0.5, 0.6) is 0 Å². The molecule has 1 heterocycles. The lowest BCUT2D eigenvalue weighted by atomic mass is 10.1. The van der Waals surface area contributed by atoms with Crippen molar-refractivity contribution in [3.63, 3.8) is 0 Å². The summed E-state index contributed by atoms with van der Waals surface area (Å²) >= 11 is 9.03. The van der Waals surface area contributed by atoms with Crippen LogP contribution in [0.4, 0.5) is 5.95 Å². The summed E-state index contributed by atoms with van der Waals surface area (Å²) in [4.78, 5) is 19.7. The van der Waals surface area contributed by atoms with Crippen molar-refractivity contribution in [3.8, 4) is 0 Å². The highest BCUT2D eigenvalue weighted by molar-refractivity contribution is 9.10. The lowest BCUT2D eigenvalue weighted by Crippen LogP contribution is -2.14. The van der Waals surface area contributed by atoms with Crippen LogP contribution in [0.2, 0.25) is 5.02 Å². The van der Waals surface area contributed by atoms with E-state index < -0.39 is 0 Å². The molecule has 0 bridgehead atoms. The van der Waals surface area contributed by atoms with Crippen molar-refractivity contribution in [2.75, 3.05) is 5.32 Å². The minimum atomic E-state index is -0.114. The highest BCUT2D eigenvalue weighted by Gasteiger charge is 2.05. The summed E-state index contributed by atoms with van der Waals surface area (Å²) in [6.45, 7) is 0. The Morgan fingerprint density at radius 3 is 2.47 bits per heavy atom. The van der Waals surface area contributed by atoms with Gasteiger partial charge in [0.25, 0.3) is 0 Å². The third-order valence-corrected chi connectivity index (χ3v) is 3.09. The molecule has 1 aromatic heterocycles. The summed E-state index contributed by atoms with van der Waals surface area (Å²) in [6.07, 6.45) is 4.20. The van der Waals surface area contributed by atoms with E-state index in [1.54, 1.807) is 12.4 Å². The van der Waals surface area contributed by atoms with Gasteiger partial charge < -0.3 is 0 Å². The molecule has 1 aromatic carbocycles. The quantitative estimate of drug-likeness (QED) is 0.927. The molecule has 0 radical (unpaired) electrons. The molecule has 4 nitrogen and oxygen atoms in total. The number of halogens is 2. The number of amides is 1. The molecule has 6 heteroatoms. The summed E-state index contributed by atoms with van der Waals surface area (Å²) in [5, 5.41) is 3.33. The first kappa shape index (κ1) is 14.0. The van der Waals surface area contributed by atoms with Gasteiger partial charge in [-0.25, -0.2) is 9.97 Å². The summed E-state index contributed by atoms with van der Waals surface area (Å²) in [5.74, 6) is 0.196. The predicted molar refractivity (Wildman–Crippen MR) is 78.1 cm³/mol. The van der Waals surface area contributed by atoms with Crippen LogP contribution in [0, 0.1) is 0 Å². The average Bonchev–Trinajstić information content (AvgIpc) is 2.41. The van der Waals surface area contributed by atoms with Crippen molar-refractivity contribution < 1.29 is 4.79 Å². The SMILES string of the molecule is O=C(CCc1ccc(Cl)cc1)Nc1ncc(Br)cn1. The molecule has 0 aliphatic heterocycles. The molecular weight excluding hydrogens is 330 g/mol. The fourth-order valence-corrected chi connectivity index (χ4v) is 1.80. The Morgan fingerprint density at radius 1 is 1.21 bits per heavy atom. The number of nitrogens with zero attached hydrogens (tertiary/aromatic N) is 2. The van der Waals surface area contributed by atoms with E-state index in [1.807, 2.05) is 24.3 Å². The van der Waals surface area contributed by atoms with Gasteiger partial charge in [-0.1, -0.05) is 23.7 Å². The van der Waals surface area contributed by atoms with E-state index in [4.69, 9.17) is 11.6 Å². The van der Waals surface area contributed by atoms with Crippen LogP contribution in [0.3, 0.4) is 0 Å². The van der Waals surface area contributed by atoms with Gasteiger partial charge in [0.1, 0.15) is 0 Å². The number of aryl methyl sites for hydroxylation is 1. The summed E-state index contributed by atoms with van der Waals surface area (Å²) in [7, 11) is 0. The van der Waals surface area contributed by atoms with Crippen LogP contribution in [0.1, 0.15) is 12.0 Å². The molecule has 0 atom stereocenters. The molecule has 19 heavy (non-hydrogen) atoms. The van der Waals surface area contributed by atoms with Crippen molar-refractivity contribution in [1.82, 2.24) is 9.97 Å². The zero-order chi connectivity index (χ0) is 13.7. The molecule has 98 valence electrons. The second-order valence-electron chi connectivity index (χ2n) is 3.90. The first-order valence-electron chi connectivity index (χ1n) is 5.65. The predicted octanol–water partition coefficient (Wildman–Crippen LogP) is 3.46. The number of nitrogens with one attached hydrogen (secondary N) is 1. The zero-order valence-electron chi connectivity index (χ0n) is 9.94. The molecule has 1 amide bonds. The fraction of sp³-hybridized carbons (Fsp3) is 0.154. The molecule has 2 rings (SSSR count). The second kappa shape index (κ2) is 6.63. The van der Waals surface area contributed by atoms with E-state index in [2.05, 4.69) is 31.2 Å². The van der Waals surface area contributed by atoms with Crippen LogP contribution in [0.15, 0.2) is 41.1 Å². The topological polar surface area (TPSA) is 54.9 Å². The molecule has 0 aliphatic rings. The minimum absolute atomic E-state index is 0.114. The highest BCUT2D eigenvalue weighted by Crippen LogP contribution is 2.11. The third-order valence-electron chi connectivity index (χ3n) is 2.43. The van der Waals surface area contributed by atoms with E-state index in [9.17, 15) is 4.79 Å². The molecule has 1 N–H and O–H groups in total. The lowest BCUT2D eigenvalue weighted by molar-refractivity contribution is -0.116. The molecule has 0 saturated carbocycles. The molecular formula is C13H11BrClN3O. The van der Waals surface area contributed by atoms with Crippen LogP contribution in [-0.2, 0) is 11.2 Å². The van der Waals surface area contributed by atoms with Crippen molar-refractivity contribution in [2.45, 2.75) is 12.8 Å². The Hall–Kier alpha value is -1.46. The number of carbonyl (C=O) groups is 1. The molecule has 2 aromatic rings. The van der Waals surface area contributed by atoms with Gasteiger partial charge in [0.15, 0.2) is 0 Å². The second-order valence-corrected chi connectivity index (χ2v) is 5.25. The number of carbonyl (C=O) groups excluding carboxylic acids is 1. The van der Waals surface area contributed by atoms with Gasteiger partial charge in [0.2, 0.25) is 11.9 Å². The first-order chi connectivity index (χ1) is 9.13. The summed E-state index contributed by atoms with van der Waals surface area (Å²) in [6, 6.07) is 7.44. The number of aromatic nitrogens is 2. The maximum absolute atomic E-state index is 11.7. The molecule has 0 saturated heterocycles. The van der Waals surface area contributed by atoms with Crippen molar-refractivity contribution >= 4 is 39.4 Å². The van der Waals surface area contributed by atoms with Gasteiger partial charge in [-0.05, 0) is 40.0 Å². The molecule has 0 aliphatic carbocycles. The number of benzene rings is 1. The van der Waals surface area contributed by atoms with Crippen LogP contribution in [0.25, 0.3) is 0 Å². The average molecular weight is 341 g/mol. The van der Waals surface area contributed by atoms with E-state index in [0.717, 1.165) is 10.0 Å². The van der Waals surface area contributed by atoms with Crippen LogP contribution < -0.4 is 5.32 Å². The van der Waals surface area contributed by atoms with E-state index in [0.29, 0.717) is 23.8 Å². The van der Waals surface area contributed by atoms with Gasteiger partial charge >= 0.3 is 0 Å². The Labute approximate surface area is 124 Å². The van der Waals surface area contributed by atoms with Crippen molar-refractivity contribution in [2.24, 2.45) is 0 Å². The zero-order valence-corrected chi connectivity index (χ0v) is 12.3. The van der Waals surface area contributed by atoms with Crippen LogP contribution >= 0.6 is 27.5 Å². The molecule has 0 spiro atoms. The monoisotopic (exact) mass is 339 g/mol. The van der Waals surface area contributed by atoms with Gasteiger partial charge in [0.05, 0.1) is 4.47 Å². The normalized spacial score (nSPS) is 10.2. The standard InChI is InChI=1S/C13H11BrClN3O/c14-10-7-16-13(17-8-10)18-12(19)6-3-9-1-4-11(15)5-2-9/h1-2,4-5,7-8H,3,6H2,(H,16,17,18,19). The van der Waals surface area contributed by atoms with E-state index in [-0.39, 0.29) is 5.91 Å². The largest absolute Gasteiger partial charge is 0.295 e. The molecule has 0 fully saturated rings. The lowest BCUT2D eigenvalue weighted by Gasteiger charge is -2.04. The van der Waals surface area contributed by atoms with Gasteiger partial charge in [-0.15, -0.1) is 0 Å². The van der Waals surface area contributed by atoms with Gasteiger partial charge in [-0.2, -0.15) is 0 Å². The molecule has 0 unspecified atom stereocenters. The maximum atomic E-state index is 11.7. The Balaban J connectivity index is 1.84. The summed E-state index contributed by atoms with van der Waals surface area (Å²) in [5.41, 5.74) is 1.07. The summed E-state index contributed by atoms with van der Waals surface area (Å²) < 4.78 is 0.770. The highest BCUT2D eigenvalue weighted by atomic mass is 79.9. The number of anilines is 1. The van der Waals surface area contributed by atoms with E-state index >= 15 is 0 Å². The van der Waals surface area contributed by atoms with Gasteiger partial charge in [0, 0.05) is 23.8 Å². The fourth-order valence-electron chi connectivity index (χ4n) is 1.47. The number of rotatable bonds is 4. The maximum Gasteiger partial charge on any atom is 0.229 e. The van der Waals surface area contributed by atoms with Crippen molar-refractivity contribution in [3.05, 3.63) is 51.7 Å². The first-order valence-corrected chi connectivity index (χ1v) is 6.82. The number of hydrogen-bond acceptors (Lipinski definition) is 3. The van der Waals surface area contributed by atoms with E-state index in [1.165, 1.54) is 0 Å². The van der Waals surface area contributed by atoms with Gasteiger partial charge in [-0.3, -0.25) is 10.1 Å². The smallest absolute Gasteiger partial charge is 0.229 e. The number of hydrogen-bond donors (Lipinski definition) is 1. The third kappa shape index (κ3) is 4.61. The van der Waals surface area contributed by atoms with Crippen molar-refractivity contribution in [1.29, 1.82) is 0 Å². The van der Waals surface area contributed by atoms with Crippen LogP contribution in [-0.4, -0.2) is 15.9 Å². The Morgan fingerprint density at radius 2 is 1.84 bits per heavy atom. The minimum Gasteiger partial charge on any atom is -0.295 e.